The zero-order valence-corrected chi connectivity index (χ0v) is 58.7. The SMILES string of the molecule is CC/C=C\C/C=C\C/C=C\C/C=C\C/C=C\C/C=C\C/C=C\C/C=C\C/C=C\C/C=C\C/C=C\C/C=C\CCCCCCC(=O)OC(COC(=O)CCCCCCCCCCCC/C=C\C/C=C\C/C=C\CCCCCCC)COP(=O)(O)OCC[N+](C)(C)C. The Morgan fingerprint density at radius 2 is 0.633 bits per heavy atom. The van der Waals surface area contributed by atoms with Gasteiger partial charge in [-0.15, -0.1) is 0 Å². The van der Waals surface area contributed by atoms with Crippen molar-refractivity contribution in [1.82, 2.24) is 0 Å². The number of phosphoric ester groups is 1. The Labute approximate surface area is 552 Å². The van der Waals surface area contributed by atoms with Gasteiger partial charge in [-0.05, 0) is 141 Å². The van der Waals surface area contributed by atoms with Crippen LogP contribution in [0.15, 0.2) is 182 Å². The van der Waals surface area contributed by atoms with Crippen molar-refractivity contribution in [2.75, 3.05) is 47.5 Å². The molecule has 2 atom stereocenters. The molecule has 9 nitrogen and oxygen atoms in total. The summed E-state index contributed by atoms with van der Waals surface area (Å²) in [5, 5.41) is 0. The second-order valence-corrected chi connectivity index (χ2v) is 25.6. The van der Waals surface area contributed by atoms with Crippen molar-refractivity contribution < 1.29 is 42.1 Å². The maximum absolute atomic E-state index is 12.9. The molecule has 0 aromatic carbocycles. The van der Waals surface area contributed by atoms with Gasteiger partial charge < -0.3 is 18.9 Å². The van der Waals surface area contributed by atoms with E-state index in [0.717, 1.165) is 148 Å². The lowest BCUT2D eigenvalue weighted by atomic mass is 10.1. The molecule has 0 spiro atoms. The Morgan fingerprint density at radius 3 is 0.944 bits per heavy atom. The van der Waals surface area contributed by atoms with Gasteiger partial charge in [0.1, 0.15) is 19.8 Å². The fourth-order valence-corrected chi connectivity index (χ4v) is 9.75. The van der Waals surface area contributed by atoms with Crippen LogP contribution in [-0.4, -0.2) is 74.9 Å². The highest BCUT2D eigenvalue weighted by atomic mass is 31.2. The van der Waals surface area contributed by atoms with Crippen molar-refractivity contribution in [3.63, 3.8) is 0 Å². The second-order valence-electron chi connectivity index (χ2n) is 24.2. The van der Waals surface area contributed by atoms with Gasteiger partial charge in [0.15, 0.2) is 6.10 Å². The molecule has 0 saturated heterocycles. The molecule has 0 aliphatic rings. The minimum atomic E-state index is -4.41. The molecule has 0 aromatic rings. The molecular weight excluding hydrogens is 1130 g/mol. The molecule has 2 unspecified atom stereocenters. The molecule has 0 fully saturated rings. The van der Waals surface area contributed by atoms with Gasteiger partial charge in [-0.2, -0.15) is 0 Å². The highest BCUT2D eigenvalue weighted by Gasteiger charge is 2.27. The lowest BCUT2D eigenvalue weighted by Gasteiger charge is -2.24. The van der Waals surface area contributed by atoms with Gasteiger partial charge in [0.2, 0.25) is 0 Å². The number of hydrogen-bond acceptors (Lipinski definition) is 7. The van der Waals surface area contributed by atoms with Crippen LogP contribution in [0.2, 0.25) is 0 Å². The molecule has 508 valence electrons. The first kappa shape index (κ1) is 85.1. The van der Waals surface area contributed by atoms with Crippen LogP contribution < -0.4 is 0 Å². The summed E-state index contributed by atoms with van der Waals surface area (Å²) in [4.78, 5) is 35.9. The average molecular weight is 1270 g/mol. The number of hydrogen-bond donors (Lipinski definition) is 1. The van der Waals surface area contributed by atoms with E-state index < -0.39 is 26.5 Å². The Hall–Kier alpha value is -4.89. The lowest BCUT2D eigenvalue weighted by molar-refractivity contribution is -0.870. The van der Waals surface area contributed by atoms with Gasteiger partial charge in [-0.1, -0.05) is 286 Å². The maximum Gasteiger partial charge on any atom is 0.472 e. The van der Waals surface area contributed by atoms with Gasteiger partial charge in [-0.25, -0.2) is 4.57 Å². The number of allylic oxidation sites excluding steroid dienone is 30. The number of unbranched alkanes of at least 4 members (excludes halogenated alkanes) is 19. The number of carbonyl (C=O) groups is 2. The molecule has 10 heteroatoms. The summed E-state index contributed by atoms with van der Waals surface area (Å²) in [6.07, 6.45) is 106. The number of ether oxygens (including phenoxy) is 2. The number of phosphoric acid groups is 1. The smallest absolute Gasteiger partial charge is 0.462 e. The Morgan fingerprint density at radius 1 is 0.356 bits per heavy atom. The van der Waals surface area contributed by atoms with Crippen LogP contribution in [0.5, 0.6) is 0 Å². The standard InChI is InChI=1S/C80H130NO8P/c1-6-8-10-12-14-16-18-20-22-24-26-28-30-32-33-34-35-36-37-38-39-40-41-42-43-44-45-46-47-49-51-53-55-57-59-61-63-65-67-69-71-73-80(83)89-78(77-88-90(84,85)87-75-74-81(3,4)5)76-86-79(82)72-70-68-66-64-62-60-58-56-54-52-50-48-31-29-27-25-23-21-19-17-15-13-11-9-7-2/h8,10,14,16,19-22,25-28,31-33,35-36,38-39,41-42,44-45,47-49,53,55,59,61,78H,6-7,9,11-13,15,17-18,23-24,29-30,34,37,40,43,46,50-52,54,56-58,60,62-77H2,1-5H3/p+1/b10-8-,16-14-,21-19-,22-20-,27-25-,28-26-,33-32-,36-35-,39-38-,42-41-,45-44-,48-31-,49-47-,55-53-,61-59-. The highest BCUT2D eigenvalue weighted by Crippen LogP contribution is 2.43. The number of esters is 2. The van der Waals surface area contributed by atoms with Crippen molar-refractivity contribution in [1.29, 1.82) is 0 Å². The van der Waals surface area contributed by atoms with E-state index in [9.17, 15) is 19.0 Å². The number of likely N-dealkylation sites (N-methyl/N-ethyl adjacent to an activating group) is 1. The third-order valence-electron chi connectivity index (χ3n) is 14.4. The molecule has 0 rings (SSSR count). The second kappa shape index (κ2) is 68.5. The van der Waals surface area contributed by atoms with Gasteiger partial charge in [0.05, 0.1) is 27.7 Å². The largest absolute Gasteiger partial charge is 0.472 e. The van der Waals surface area contributed by atoms with Crippen LogP contribution in [0.25, 0.3) is 0 Å². The van der Waals surface area contributed by atoms with E-state index >= 15 is 0 Å². The van der Waals surface area contributed by atoms with Crippen LogP contribution in [0.3, 0.4) is 0 Å². The third kappa shape index (κ3) is 72.2. The van der Waals surface area contributed by atoms with E-state index in [1.165, 1.54) is 77.0 Å². The third-order valence-corrected chi connectivity index (χ3v) is 15.4. The van der Waals surface area contributed by atoms with Crippen LogP contribution in [-0.2, 0) is 32.7 Å². The van der Waals surface area contributed by atoms with Gasteiger partial charge in [0, 0.05) is 12.8 Å². The first-order chi connectivity index (χ1) is 44.0. The summed E-state index contributed by atoms with van der Waals surface area (Å²) >= 11 is 0. The van der Waals surface area contributed by atoms with E-state index in [-0.39, 0.29) is 32.0 Å². The minimum Gasteiger partial charge on any atom is -0.462 e. The van der Waals surface area contributed by atoms with E-state index in [1.54, 1.807) is 0 Å². The maximum atomic E-state index is 12.9. The van der Waals surface area contributed by atoms with Crippen molar-refractivity contribution >= 4 is 19.8 Å². The molecule has 0 aliphatic carbocycles. The van der Waals surface area contributed by atoms with Crippen LogP contribution >= 0.6 is 7.82 Å². The first-order valence-corrected chi connectivity index (χ1v) is 37.0. The molecule has 0 bridgehead atoms. The quantitative estimate of drug-likeness (QED) is 0.0211. The number of rotatable bonds is 63. The summed E-state index contributed by atoms with van der Waals surface area (Å²) in [6.45, 7) is 4.26. The average Bonchev–Trinajstić information content (AvgIpc) is 3.62. The lowest BCUT2D eigenvalue weighted by Crippen LogP contribution is -2.37. The predicted octanol–water partition coefficient (Wildman–Crippen LogP) is 23.5. The number of quaternary nitrogens is 1. The molecule has 0 radical (unpaired) electrons. The molecule has 0 aromatic heterocycles. The van der Waals surface area contributed by atoms with Gasteiger partial charge in [0.25, 0.3) is 0 Å². The summed E-state index contributed by atoms with van der Waals surface area (Å²) in [5.41, 5.74) is 0. The van der Waals surface area contributed by atoms with Crippen LogP contribution in [0.4, 0.5) is 0 Å². The number of nitrogens with zero attached hydrogens (tertiary/aromatic N) is 1. The first-order valence-electron chi connectivity index (χ1n) is 35.5. The summed E-state index contributed by atoms with van der Waals surface area (Å²) < 4.78 is 34.7. The van der Waals surface area contributed by atoms with Crippen molar-refractivity contribution in [2.24, 2.45) is 0 Å². The fraction of sp³-hybridized carbons (Fsp3) is 0.600. The molecule has 0 saturated carbocycles. The molecule has 1 N–H and O–H groups in total. The van der Waals surface area contributed by atoms with E-state index in [0.29, 0.717) is 17.4 Å². The molecule has 0 heterocycles. The minimum absolute atomic E-state index is 0.0160. The van der Waals surface area contributed by atoms with Crippen molar-refractivity contribution in [3.8, 4) is 0 Å². The monoisotopic (exact) mass is 1260 g/mol. The highest BCUT2D eigenvalue weighted by molar-refractivity contribution is 7.47. The van der Waals surface area contributed by atoms with E-state index in [4.69, 9.17) is 18.5 Å². The zero-order valence-electron chi connectivity index (χ0n) is 57.8. The topological polar surface area (TPSA) is 108 Å². The normalized spacial score (nSPS) is 14.2. The fourth-order valence-electron chi connectivity index (χ4n) is 9.00. The van der Waals surface area contributed by atoms with E-state index in [2.05, 4.69) is 196 Å². The zero-order chi connectivity index (χ0) is 65.5. The van der Waals surface area contributed by atoms with Gasteiger partial charge >= 0.3 is 19.8 Å². The molecular formula is C80H131NO8P+. The molecule has 0 aliphatic heterocycles. The summed E-state index contributed by atoms with van der Waals surface area (Å²) in [5.74, 6) is -0.841. The summed E-state index contributed by atoms with van der Waals surface area (Å²) in [6, 6.07) is 0. The Kier molecular flexibility index (Phi) is 64.8. The predicted molar refractivity (Wildman–Crippen MR) is 389 cm³/mol. The van der Waals surface area contributed by atoms with Crippen LogP contribution in [0.1, 0.15) is 258 Å². The van der Waals surface area contributed by atoms with Crippen molar-refractivity contribution in [2.45, 2.75) is 264 Å². The number of carbonyl (C=O) groups excluding carboxylic acids is 2. The van der Waals surface area contributed by atoms with Gasteiger partial charge in [-0.3, -0.25) is 18.6 Å². The Bertz CT molecular complexity index is 2170. The summed E-state index contributed by atoms with van der Waals surface area (Å²) in [7, 11) is 1.43. The van der Waals surface area contributed by atoms with E-state index in [1.807, 2.05) is 21.1 Å². The van der Waals surface area contributed by atoms with Crippen molar-refractivity contribution in [3.05, 3.63) is 182 Å². The molecule has 90 heavy (non-hydrogen) atoms. The van der Waals surface area contributed by atoms with Crippen LogP contribution in [0, 0.1) is 0 Å². The Balaban J connectivity index is 4.19. The molecule has 0 amide bonds.